The van der Waals surface area contributed by atoms with Crippen LogP contribution in [-0.2, 0) is 11.2 Å². The van der Waals surface area contributed by atoms with Crippen molar-refractivity contribution in [3.8, 4) is 0 Å². The van der Waals surface area contributed by atoms with Crippen LogP contribution in [0, 0.1) is 5.92 Å². The van der Waals surface area contributed by atoms with E-state index in [0.717, 1.165) is 26.1 Å². The molecule has 0 aliphatic carbocycles. The van der Waals surface area contributed by atoms with Gasteiger partial charge in [-0.2, -0.15) is 0 Å². The molecule has 2 aromatic rings. The molecule has 0 bridgehead atoms. The lowest BCUT2D eigenvalue weighted by atomic mass is 9.97. The molecule has 22 heavy (non-hydrogen) atoms. The Morgan fingerprint density at radius 1 is 1.05 bits per heavy atom. The van der Waals surface area contributed by atoms with Crippen molar-refractivity contribution in [1.29, 1.82) is 0 Å². The maximum Gasteiger partial charge on any atom is 0.0678 e. The van der Waals surface area contributed by atoms with Crippen LogP contribution in [0.15, 0.2) is 42.5 Å². The average molecular weight is 297 g/mol. The van der Waals surface area contributed by atoms with Gasteiger partial charge in [-0.3, -0.25) is 4.90 Å². The molecule has 1 aliphatic heterocycles. The molecule has 1 heterocycles. The summed E-state index contributed by atoms with van der Waals surface area (Å²) in [5.74, 6) is 0.665. The Hall–Kier alpha value is -1.38. The van der Waals surface area contributed by atoms with Crippen LogP contribution in [-0.4, -0.2) is 36.7 Å². The van der Waals surface area contributed by atoms with E-state index in [1.165, 1.54) is 16.3 Å². The van der Waals surface area contributed by atoms with E-state index in [9.17, 15) is 0 Å². The van der Waals surface area contributed by atoms with Crippen molar-refractivity contribution in [3.63, 3.8) is 0 Å². The third kappa shape index (κ3) is 3.88. The zero-order valence-electron chi connectivity index (χ0n) is 14.0. The van der Waals surface area contributed by atoms with Gasteiger partial charge in [0.25, 0.3) is 0 Å². The van der Waals surface area contributed by atoms with Crippen molar-refractivity contribution < 1.29 is 4.74 Å². The monoisotopic (exact) mass is 297 g/mol. The van der Waals surface area contributed by atoms with E-state index in [4.69, 9.17) is 4.74 Å². The van der Waals surface area contributed by atoms with E-state index in [1.54, 1.807) is 0 Å². The maximum absolute atomic E-state index is 5.82. The van der Waals surface area contributed by atoms with Gasteiger partial charge in [0.15, 0.2) is 0 Å². The molecule has 2 heteroatoms. The summed E-state index contributed by atoms with van der Waals surface area (Å²) in [6.07, 6.45) is 1.86. The van der Waals surface area contributed by atoms with Crippen LogP contribution in [0.3, 0.4) is 0 Å². The number of nitrogens with zero attached hydrogens (tertiary/aromatic N) is 1. The van der Waals surface area contributed by atoms with Gasteiger partial charge in [-0.05, 0) is 42.5 Å². The fourth-order valence-corrected chi connectivity index (χ4v) is 3.71. The Bertz CT molecular complexity index is 614. The molecule has 1 aliphatic rings. The second kappa shape index (κ2) is 6.80. The lowest BCUT2D eigenvalue weighted by Gasteiger charge is -2.36. The molecule has 0 amide bonds. The molecule has 3 unspecified atom stereocenters. The summed E-state index contributed by atoms with van der Waals surface area (Å²) in [6.45, 7) is 10.00. The lowest BCUT2D eigenvalue weighted by Crippen LogP contribution is -2.47. The van der Waals surface area contributed by atoms with Gasteiger partial charge in [-0.1, -0.05) is 49.4 Å². The molecule has 0 spiro atoms. The number of hydrogen-bond acceptors (Lipinski definition) is 2. The van der Waals surface area contributed by atoms with Crippen molar-refractivity contribution in [1.82, 2.24) is 4.90 Å². The van der Waals surface area contributed by atoms with E-state index in [0.29, 0.717) is 18.1 Å². The summed E-state index contributed by atoms with van der Waals surface area (Å²) in [5.41, 5.74) is 1.44. The Kier molecular flexibility index (Phi) is 4.80. The quantitative estimate of drug-likeness (QED) is 0.841. The molecule has 1 saturated heterocycles. The van der Waals surface area contributed by atoms with E-state index in [2.05, 4.69) is 68.1 Å². The third-order valence-corrected chi connectivity index (χ3v) is 4.46. The minimum Gasteiger partial charge on any atom is -0.373 e. The minimum absolute atomic E-state index is 0.358. The predicted molar refractivity (Wildman–Crippen MR) is 93.3 cm³/mol. The highest BCUT2D eigenvalue weighted by atomic mass is 16.5. The summed E-state index contributed by atoms with van der Waals surface area (Å²) in [4.78, 5) is 2.56. The van der Waals surface area contributed by atoms with Gasteiger partial charge in [0.1, 0.15) is 0 Å². The SMILES string of the molecule is CC(Cc1ccc2ccccc2c1)CN1CC(C)OC(C)C1. The number of benzene rings is 2. The molecular weight excluding hydrogens is 270 g/mol. The summed E-state index contributed by atoms with van der Waals surface area (Å²) in [6, 6.07) is 15.5. The van der Waals surface area contributed by atoms with Crippen LogP contribution in [0.1, 0.15) is 26.3 Å². The van der Waals surface area contributed by atoms with E-state index >= 15 is 0 Å². The predicted octanol–water partition coefficient (Wildman–Crippen LogP) is 4.13. The molecule has 118 valence electrons. The van der Waals surface area contributed by atoms with Gasteiger partial charge in [0, 0.05) is 19.6 Å². The Balaban J connectivity index is 1.61. The molecule has 1 fully saturated rings. The topological polar surface area (TPSA) is 12.5 Å². The van der Waals surface area contributed by atoms with Crippen molar-refractivity contribution in [3.05, 3.63) is 48.0 Å². The molecule has 0 saturated carbocycles. The standard InChI is InChI=1S/C20H27NO/c1-15(12-21-13-16(2)22-17(3)14-21)10-18-8-9-19-6-4-5-7-20(19)11-18/h4-9,11,15-17H,10,12-14H2,1-3H3. The van der Waals surface area contributed by atoms with Gasteiger partial charge in [0.05, 0.1) is 12.2 Å². The van der Waals surface area contributed by atoms with Crippen molar-refractivity contribution in [2.45, 2.75) is 39.4 Å². The molecular formula is C20H27NO. The fraction of sp³-hybridized carbons (Fsp3) is 0.500. The normalized spacial score (nSPS) is 24.5. The molecule has 3 atom stereocenters. The van der Waals surface area contributed by atoms with Gasteiger partial charge in [-0.25, -0.2) is 0 Å². The molecule has 0 radical (unpaired) electrons. The highest BCUT2D eigenvalue weighted by Gasteiger charge is 2.23. The highest BCUT2D eigenvalue weighted by molar-refractivity contribution is 5.82. The Morgan fingerprint density at radius 2 is 1.73 bits per heavy atom. The van der Waals surface area contributed by atoms with Crippen LogP contribution in [0.5, 0.6) is 0 Å². The first-order valence-corrected chi connectivity index (χ1v) is 8.45. The first-order valence-electron chi connectivity index (χ1n) is 8.45. The average Bonchev–Trinajstić information content (AvgIpc) is 2.45. The number of rotatable bonds is 4. The largest absolute Gasteiger partial charge is 0.373 e. The van der Waals surface area contributed by atoms with Crippen LogP contribution in [0.25, 0.3) is 10.8 Å². The summed E-state index contributed by atoms with van der Waals surface area (Å²) in [7, 11) is 0. The van der Waals surface area contributed by atoms with Crippen molar-refractivity contribution in [2.24, 2.45) is 5.92 Å². The lowest BCUT2D eigenvalue weighted by molar-refractivity contribution is -0.0708. The van der Waals surface area contributed by atoms with Gasteiger partial charge < -0.3 is 4.74 Å². The number of fused-ring (bicyclic) bond motifs is 1. The highest BCUT2D eigenvalue weighted by Crippen LogP contribution is 2.19. The molecule has 3 rings (SSSR count). The van der Waals surface area contributed by atoms with Gasteiger partial charge in [0.2, 0.25) is 0 Å². The van der Waals surface area contributed by atoms with E-state index in [1.807, 2.05) is 0 Å². The first-order chi connectivity index (χ1) is 10.6. The Labute approximate surface area is 134 Å². The van der Waals surface area contributed by atoms with E-state index in [-0.39, 0.29) is 0 Å². The maximum atomic E-state index is 5.82. The Morgan fingerprint density at radius 3 is 2.45 bits per heavy atom. The van der Waals surface area contributed by atoms with Crippen LogP contribution in [0.4, 0.5) is 0 Å². The van der Waals surface area contributed by atoms with Gasteiger partial charge in [-0.15, -0.1) is 0 Å². The molecule has 2 aromatic carbocycles. The van der Waals surface area contributed by atoms with Crippen molar-refractivity contribution in [2.75, 3.05) is 19.6 Å². The van der Waals surface area contributed by atoms with Crippen LogP contribution >= 0.6 is 0 Å². The summed E-state index contributed by atoms with van der Waals surface area (Å²) < 4.78 is 5.82. The van der Waals surface area contributed by atoms with Crippen molar-refractivity contribution >= 4 is 10.8 Å². The number of ether oxygens (including phenoxy) is 1. The first kappa shape index (κ1) is 15.5. The summed E-state index contributed by atoms with van der Waals surface area (Å²) >= 11 is 0. The smallest absolute Gasteiger partial charge is 0.0678 e. The third-order valence-electron chi connectivity index (χ3n) is 4.46. The zero-order valence-corrected chi connectivity index (χ0v) is 14.0. The summed E-state index contributed by atoms with van der Waals surface area (Å²) in [5, 5.41) is 2.68. The molecule has 0 aromatic heterocycles. The second-order valence-corrected chi connectivity index (χ2v) is 6.97. The number of morpholine rings is 1. The second-order valence-electron chi connectivity index (χ2n) is 6.97. The number of hydrogen-bond donors (Lipinski definition) is 0. The van der Waals surface area contributed by atoms with Gasteiger partial charge >= 0.3 is 0 Å². The van der Waals surface area contributed by atoms with Crippen LogP contribution < -0.4 is 0 Å². The minimum atomic E-state index is 0.358. The fourth-order valence-electron chi connectivity index (χ4n) is 3.71. The molecule has 0 N–H and O–H groups in total. The molecule has 2 nitrogen and oxygen atoms in total. The van der Waals surface area contributed by atoms with E-state index < -0.39 is 0 Å². The van der Waals surface area contributed by atoms with Crippen LogP contribution in [0.2, 0.25) is 0 Å². The zero-order chi connectivity index (χ0) is 15.5.